The van der Waals surface area contributed by atoms with E-state index >= 15 is 0 Å². The predicted octanol–water partition coefficient (Wildman–Crippen LogP) is 4.62. The lowest BCUT2D eigenvalue weighted by Gasteiger charge is -2.22. The summed E-state index contributed by atoms with van der Waals surface area (Å²) in [4.78, 5) is 14.6. The summed E-state index contributed by atoms with van der Waals surface area (Å²) in [5, 5.41) is 5.16. The zero-order valence-electron chi connectivity index (χ0n) is 14.6. The Labute approximate surface area is 152 Å². The quantitative estimate of drug-likeness (QED) is 0.748. The standard InChI is InChI=1S/C21H20N2O3/c1-2-23(13-16-9-6-12-19-20(16)26-14-25-19)21(24)22-18-11-5-8-15-7-3-4-10-17(15)18/h3-12H,2,13-14H2,1H3,(H,22,24). The molecule has 0 atom stereocenters. The van der Waals surface area contributed by atoms with Gasteiger partial charge in [-0.3, -0.25) is 0 Å². The van der Waals surface area contributed by atoms with Crippen LogP contribution in [0.2, 0.25) is 0 Å². The minimum atomic E-state index is -0.139. The summed E-state index contributed by atoms with van der Waals surface area (Å²) >= 11 is 0. The molecule has 0 unspecified atom stereocenters. The number of ether oxygens (including phenoxy) is 2. The van der Waals surface area contributed by atoms with Crippen molar-refractivity contribution in [3.05, 3.63) is 66.2 Å². The van der Waals surface area contributed by atoms with Gasteiger partial charge in [0.15, 0.2) is 11.5 Å². The average Bonchev–Trinajstić information content (AvgIpc) is 3.16. The molecule has 1 N–H and O–H groups in total. The molecular weight excluding hydrogens is 328 g/mol. The molecule has 4 rings (SSSR count). The van der Waals surface area contributed by atoms with Gasteiger partial charge in [0.05, 0.1) is 12.2 Å². The molecule has 0 aliphatic carbocycles. The van der Waals surface area contributed by atoms with E-state index < -0.39 is 0 Å². The lowest BCUT2D eigenvalue weighted by Crippen LogP contribution is -2.34. The van der Waals surface area contributed by atoms with Crippen LogP contribution in [0, 0.1) is 0 Å². The fourth-order valence-electron chi connectivity index (χ4n) is 3.18. The van der Waals surface area contributed by atoms with Gasteiger partial charge in [0.25, 0.3) is 0 Å². The largest absolute Gasteiger partial charge is 0.454 e. The first-order valence-corrected chi connectivity index (χ1v) is 8.67. The van der Waals surface area contributed by atoms with E-state index in [4.69, 9.17) is 9.47 Å². The summed E-state index contributed by atoms with van der Waals surface area (Å²) < 4.78 is 11.0. The van der Waals surface area contributed by atoms with Crippen LogP contribution in [0.5, 0.6) is 11.5 Å². The number of benzene rings is 3. The molecule has 0 aromatic heterocycles. The van der Waals surface area contributed by atoms with E-state index in [1.807, 2.05) is 67.6 Å². The maximum absolute atomic E-state index is 12.8. The van der Waals surface area contributed by atoms with Crippen LogP contribution in [0.3, 0.4) is 0 Å². The Balaban J connectivity index is 1.55. The molecule has 5 heteroatoms. The highest BCUT2D eigenvalue weighted by atomic mass is 16.7. The second-order valence-electron chi connectivity index (χ2n) is 6.12. The number of para-hydroxylation sites is 1. The summed E-state index contributed by atoms with van der Waals surface area (Å²) in [6.07, 6.45) is 0. The third-order valence-corrected chi connectivity index (χ3v) is 4.54. The molecule has 1 aliphatic heterocycles. The normalized spacial score (nSPS) is 12.2. The van der Waals surface area contributed by atoms with Crippen molar-refractivity contribution in [1.29, 1.82) is 0 Å². The lowest BCUT2D eigenvalue weighted by atomic mass is 10.1. The second kappa shape index (κ2) is 6.96. The highest BCUT2D eigenvalue weighted by Gasteiger charge is 2.21. The van der Waals surface area contributed by atoms with E-state index in [0.717, 1.165) is 33.5 Å². The molecule has 3 aromatic carbocycles. The number of nitrogens with one attached hydrogen (secondary N) is 1. The fourth-order valence-corrected chi connectivity index (χ4v) is 3.18. The van der Waals surface area contributed by atoms with Gasteiger partial charge in [-0.05, 0) is 24.4 Å². The highest BCUT2D eigenvalue weighted by molar-refractivity contribution is 6.01. The van der Waals surface area contributed by atoms with Crippen molar-refractivity contribution in [1.82, 2.24) is 4.90 Å². The molecule has 3 aromatic rings. The number of rotatable bonds is 4. The number of carbonyl (C=O) groups excluding carboxylic acids is 1. The van der Waals surface area contributed by atoms with Gasteiger partial charge in [-0.2, -0.15) is 0 Å². The number of hydrogen-bond donors (Lipinski definition) is 1. The van der Waals surface area contributed by atoms with Gasteiger partial charge in [-0.1, -0.05) is 48.5 Å². The van der Waals surface area contributed by atoms with Crippen LogP contribution in [-0.4, -0.2) is 24.3 Å². The molecule has 5 nitrogen and oxygen atoms in total. The third-order valence-electron chi connectivity index (χ3n) is 4.54. The number of carbonyl (C=O) groups is 1. The summed E-state index contributed by atoms with van der Waals surface area (Å²) in [7, 11) is 0. The number of hydrogen-bond acceptors (Lipinski definition) is 3. The first-order valence-electron chi connectivity index (χ1n) is 8.67. The fraction of sp³-hybridized carbons (Fsp3) is 0.190. The maximum atomic E-state index is 12.8. The summed E-state index contributed by atoms with van der Waals surface area (Å²) in [6.45, 7) is 3.23. The molecule has 0 fully saturated rings. The summed E-state index contributed by atoms with van der Waals surface area (Å²) in [5.41, 5.74) is 1.75. The monoisotopic (exact) mass is 348 g/mol. The van der Waals surface area contributed by atoms with Crippen molar-refractivity contribution < 1.29 is 14.3 Å². The third kappa shape index (κ3) is 3.04. The van der Waals surface area contributed by atoms with Crippen molar-refractivity contribution >= 4 is 22.5 Å². The first kappa shape index (κ1) is 16.3. The van der Waals surface area contributed by atoms with Gasteiger partial charge >= 0.3 is 6.03 Å². The molecular formula is C21H20N2O3. The Morgan fingerprint density at radius 2 is 1.85 bits per heavy atom. The van der Waals surface area contributed by atoms with E-state index in [2.05, 4.69) is 5.32 Å². The van der Waals surface area contributed by atoms with Gasteiger partial charge in [0.2, 0.25) is 6.79 Å². The highest BCUT2D eigenvalue weighted by Crippen LogP contribution is 2.36. The van der Waals surface area contributed by atoms with Gasteiger partial charge in [-0.15, -0.1) is 0 Å². The van der Waals surface area contributed by atoms with Crippen molar-refractivity contribution in [2.45, 2.75) is 13.5 Å². The van der Waals surface area contributed by atoms with Crippen molar-refractivity contribution in [2.24, 2.45) is 0 Å². The van der Waals surface area contributed by atoms with E-state index in [1.54, 1.807) is 4.90 Å². The Kier molecular flexibility index (Phi) is 4.35. The predicted molar refractivity (Wildman–Crippen MR) is 102 cm³/mol. The van der Waals surface area contributed by atoms with Gasteiger partial charge in [0, 0.05) is 17.5 Å². The second-order valence-corrected chi connectivity index (χ2v) is 6.12. The molecule has 132 valence electrons. The van der Waals surface area contributed by atoms with Crippen LogP contribution in [-0.2, 0) is 6.54 Å². The number of amides is 2. The minimum Gasteiger partial charge on any atom is -0.454 e. The topological polar surface area (TPSA) is 50.8 Å². The molecule has 1 aliphatic rings. The Bertz CT molecular complexity index is 950. The molecule has 0 saturated heterocycles. The maximum Gasteiger partial charge on any atom is 0.322 e. The van der Waals surface area contributed by atoms with Crippen LogP contribution in [0.25, 0.3) is 10.8 Å². The number of anilines is 1. The number of fused-ring (bicyclic) bond motifs is 2. The Morgan fingerprint density at radius 1 is 1.04 bits per heavy atom. The van der Waals surface area contributed by atoms with Crippen molar-refractivity contribution in [3.8, 4) is 11.5 Å². The van der Waals surface area contributed by atoms with E-state index in [9.17, 15) is 4.79 Å². The molecule has 0 saturated carbocycles. The molecule has 2 amide bonds. The molecule has 0 bridgehead atoms. The molecule has 0 radical (unpaired) electrons. The van der Waals surface area contributed by atoms with Gasteiger partial charge < -0.3 is 19.7 Å². The van der Waals surface area contributed by atoms with Crippen molar-refractivity contribution in [3.63, 3.8) is 0 Å². The van der Waals surface area contributed by atoms with E-state index in [1.165, 1.54) is 0 Å². The Hall–Kier alpha value is -3.21. The molecule has 0 spiro atoms. The summed E-state index contributed by atoms with van der Waals surface area (Å²) in [5.74, 6) is 1.46. The Morgan fingerprint density at radius 3 is 2.73 bits per heavy atom. The van der Waals surface area contributed by atoms with Crippen LogP contribution in [0.4, 0.5) is 10.5 Å². The van der Waals surface area contributed by atoms with Gasteiger partial charge in [0.1, 0.15) is 0 Å². The van der Waals surface area contributed by atoms with Crippen LogP contribution in [0.1, 0.15) is 12.5 Å². The van der Waals surface area contributed by atoms with Gasteiger partial charge in [-0.25, -0.2) is 4.79 Å². The van der Waals surface area contributed by atoms with Crippen LogP contribution < -0.4 is 14.8 Å². The number of urea groups is 1. The molecule has 1 heterocycles. The minimum absolute atomic E-state index is 0.139. The smallest absolute Gasteiger partial charge is 0.322 e. The SMILES string of the molecule is CCN(Cc1cccc2c1OCO2)C(=O)Nc1cccc2ccccc12. The zero-order valence-corrected chi connectivity index (χ0v) is 14.6. The van der Waals surface area contributed by atoms with E-state index in [0.29, 0.717) is 13.1 Å². The lowest BCUT2D eigenvalue weighted by molar-refractivity contribution is 0.172. The zero-order chi connectivity index (χ0) is 17.9. The molecule has 26 heavy (non-hydrogen) atoms. The van der Waals surface area contributed by atoms with Crippen molar-refractivity contribution in [2.75, 3.05) is 18.7 Å². The average molecular weight is 348 g/mol. The van der Waals surface area contributed by atoms with Crippen LogP contribution in [0.15, 0.2) is 60.7 Å². The first-order chi connectivity index (χ1) is 12.8. The van der Waals surface area contributed by atoms with E-state index in [-0.39, 0.29) is 12.8 Å². The summed E-state index contributed by atoms with van der Waals surface area (Å²) in [6, 6.07) is 19.5. The van der Waals surface area contributed by atoms with Crippen LogP contribution >= 0.6 is 0 Å². The number of nitrogens with zero attached hydrogens (tertiary/aromatic N) is 1.